The summed E-state index contributed by atoms with van der Waals surface area (Å²) in [6, 6.07) is 5.44. The lowest BCUT2D eigenvalue weighted by atomic mass is 10.1. The molecular weight excluding hydrogens is 412 g/mol. The van der Waals surface area contributed by atoms with Crippen molar-refractivity contribution >= 4 is 42.2 Å². The van der Waals surface area contributed by atoms with Crippen molar-refractivity contribution < 1.29 is 21.6 Å². The molecule has 0 aliphatic carbocycles. The van der Waals surface area contributed by atoms with Gasteiger partial charge in [0, 0.05) is 18.7 Å². The minimum atomic E-state index is -3.95. The summed E-state index contributed by atoms with van der Waals surface area (Å²) in [4.78, 5) is 11.5. The van der Waals surface area contributed by atoms with Gasteiger partial charge in [0.05, 0.1) is 4.90 Å². The monoisotopic (exact) mass is 432 g/mol. The van der Waals surface area contributed by atoms with Crippen LogP contribution in [0.25, 0.3) is 0 Å². The average molecular weight is 433 g/mol. The van der Waals surface area contributed by atoms with E-state index in [1.807, 2.05) is 0 Å². The Hall–Kier alpha value is -1.89. The van der Waals surface area contributed by atoms with Gasteiger partial charge in [0.15, 0.2) is 9.84 Å². The predicted octanol–water partition coefficient (Wildman–Crippen LogP) is 1.72. The van der Waals surface area contributed by atoms with Crippen molar-refractivity contribution in [3.8, 4) is 0 Å². The van der Waals surface area contributed by atoms with Crippen LogP contribution in [0.5, 0.6) is 0 Å². The molecule has 2 aromatic rings. The maximum absolute atomic E-state index is 12.6. The minimum Gasteiger partial charge on any atom is -0.301 e. The van der Waals surface area contributed by atoms with E-state index in [0.717, 1.165) is 17.6 Å². The van der Waals surface area contributed by atoms with Crippen LogP contribution in [0, 0.1) is 0 Å². The summed E-state index contributed by atoms with van der Waals surface area (Å²) < 4.78 is 50.5. The Balaban J connectivity index is 2.20. The molecule has 0 spiro atoms. The van der Waals surface area contributed by atoms with E-state index in [4.69, 9.17) is 0 Å². The van der Waals surface area contributed by atoms with Crippen LogP contribution in [0.15, 0.2) is 33.5 Å². The van der Waals surface area contributed by atoms with Gasteiger partial charge in [-0.15, -0.1) is 10.2 Å². The lowest BCUT2D eigenvalue weighted by Gasteiger charge is -2.16. The smallest absolute Gasteiger partial charge is 0.270 e. The van der Waals surface area contributed by atoms with Gasteiger partial charge in [0.1, 0.15) is 0 Å². The zero-order valence-electron chi connectivity index (χ0n) is 15.0. The minimum absolute atomic E-state index is 0.104. The normalized spacial score (nSPS) is 13.3. The van der Waals surface area contributed by atoms with Gasteiger partial charge in [-0.1, -0.05) is 37.3 Å². The number of carbonyl (C=O) groups excluding carboxylic acids is 1. The zero-order valence-corrected chi connectivity index (χ0v) is 17.4. The molecule has 0 aliphatic rings. The molecule has 1 aromatic carbocycles. The molecule has 2 rings (SSSR count). The number of sulfonamides is 1. The highest BCUT2D eigenvalue weighted by Gasteiger charge is 2.25. The number of rotatable bonds is 8. The zero-order chi connectivity index (χ0) is 20.2. The van der Waals surface area contributed by atoms with Gasteiger partial charge in [0.25, 0.3) is 10.0 Å². The molecular formula is C15H20N4O5S3. The number of benzene rings is 1. The Labute approximate surface area is 162 Å². The predicted molar refractivity (Wildman–Crippen MR) is 102 cm³/mol. The molecule has 2 N–H and O–H groups in total. The fourth-order valence-corrected chi connectivity index (χ4v) is 5.02. The van der Waals surface area contributed by atoms with Crippen molar-refractivity contribution in [2.45, 2.75) is 42.0 Å². The van der Waals surface area contributed by atoms with Crippen LogP contribution < -0.4 is 10.0 Å². The van der Waals surface area contributed by atoms with Crippen LogP contribution >= 0.6 is 11.3 Å². The Morgan fingerprint density at radius 2 is 1.74 bits per heavy atom. The van der Waals surface area contributed by atoms with E-state index in [2.05, 4.69) is 20.2 Å². The van der Waals surface area contributed by atoms with E-state index < -0.39 is 25.9 Å². The van der Waals surface area contributed by atoms with E-state index in [1.165, 1.54) is 12.1 Å². The van der Waals surface area contributed by atoms with E-state index in [1.54, 1.807) is 26.0 Å². The molecule has 1 amide bonds. The highest BCUT2D eigenvalue weighted by molar-refractivity contribution is 7.91. The van der Waals surface area contributed by atoms with Crippen LogP contribution in [-0.4, -0.2) is 39.2 Å². The molecule has 9 nitrogen and oxygen atoms in total. The Kier molecular flexibility index (Phi) is 6.68. The van der Waals surface area contributed by atoms with Crippen molar-refractivity contribution in [1.29, 1.82) is 0 Å². The maximum atomic E-state index is 12.6. The summed E-state index contributed by atoms with van der Waals surface area (Å²) in [6.07, 6.45) is 1.78. The van der Waals surface area contributed by atoms with Gasteiger partial charge < -0.3 is 5.32 Å². The molecule has 0 aliphatic heterocycles. The molecule has 0 fully saturated rings. The van der Waals surface area contributed by atoms with E-state index in [-0.39, 0.29) is 26.7 Å². The fraction of sp³-hybridized carbons (Fsp3) is 0.400. The van der Waals surface area contributed by atoms with Gasteiger partial charge in [-0.25, -0.2) is 21.6 Å². The third-order valence-electron chi connectivity index (χ3n) is 3.62. The summed E-state index contributed by atoms with van der Waals surface area (Å²) in [7, 11) is -7.28. The van der Waals surface area contributed by atoms with Crippen LogP contribution in [-0.2, 0) is 24.7 Å². The second-order valence-electron chi connectivity index (χ2n) is 5.70. The third-order valence-corrected chi connectivity index (χ3v) is 7.43. The standard InChI is InChI=1S/C15H20N4O5S3/c1-4-12(10-6-8-11(9-7-10)26(3,21)22)19-27(23,24)15-18-17-14(25-15)16-13(20)5-2/h6-9,12,19H,4-5H2,1-3H3,(H,16,17,20)/t12-/m1/s1. The quantitative estimate of drug-likeness (QED) is 0.606. The molecule has 1 heterocycles. The lowest BCUT2D eigenvalue weighted by molar-refractivity contribution is -0.115. The van der Waals surface area contributed by atoms with Crippen molar-refractivity contribution in [2.24, 2.45) is 0 Å². The van der Waals surface area contributed by atoms with E-state index in [9.17, 15) is 21.6 Å². The van der Waals surface area contributed by atoms with Gasteiger partial charge in [0.2, 0.25) is 15.4 Å². The van der Waals surface area contributed by atoms with Crippen molar-refractivity contribution in [1.82, 2.24) is 14.9 Å². The number of anilines is 1. The number of sulfone groups is 1. The van der Waals surface area contributed by atoms with Gasteiger partial charge in [-0.05, 0) is 24.1 Å². The number of aromatic nitrogens is 2. The van der Waals surface area contributed by atoms with Crippen LogP contribution in [0.4, 0.5) is 5.13 Å². The lowest BCUT2D eigenvalue weighted by Crippen LogP contribution is -2.28. The number of amides is 1. The van der Waals surface area contributed by atoms with E-state index >= 15 is 0 Å². The van der Waals surface area contributed by atoms with Crippen molar-refractivity contribution in [2.75, 3.05) is 11.6 Å². The molecule has 0 saturated heterocycles. The van der Waals surface area contributed by atoms with E-state index in [0.29, 0.717) is 12.0 Å². The van der Waals surface area contributed by atoms with Crippen molar-refractivity contribution in [3.63, 3.8) is 0 Å². The first-order chi connectivity index (χ1) is 12.6. The molecule has 1 aromatic heterocycles. The van der Waals surface area contributed by atoms with Gasteiger partial charge in [-0.3, -0.25) is 4.79 Å². The molecule has 1 atom stereocenters. The largest absolute Gasteiger partial charge is 0.301 e. The fourth-order valence-electron chi connectivity index (χ4n) is 2.15. The second-order valence-corrected chi connectivity index (χ2v) is 10.6. The molecule has 12 heteroatoms. The summed E-state index contributed by atoms with van der Waals surface area (Å²) in [6.45, 7) is 3.46. The van der Waals surface area contributed by atoms with Crippen LogP contribution in [0.1, 0.15) is 38.3 Å². The second kappa shape index (κ2) is 8.42. The summed E-state index contributed by atoms with van der Waals surface area (Å²) in [5.41, 5.74) is 0.623. The Bertz CT molecular complexity index is 1010. The maximum Gasteiger partial charge on any atom is 0.270 e. The number of hydrogen-bond acceptors (Lipinski definition) is 8. The van der Waals surface area contributed by atoms with Crippen molar-refractivity contribution in [3.05, 3.63) is 29.8 Å². The SMILES string of the molecule is CCC(=O)Nc1nnc(S(=O)(=O)N[C@H](CC)c2ccc(S(C)(=O)=O)cc2)s1. The molecule has 148 valence electrons. The first-order valence-electron chi connectivity index (χ1n) is 8.02. The topological polar surface area (TPSA) is 135 Å². The summed E-state index contributed by atoms with van der Waals surface area (Å²) in [5, 5.41) is 9.86. The summed E-state index contributed by atoms with van der Waals surface area (Å²) >= 11 is 0.753. The number of nitrogens with one attached hydrogen (secondary N) is 2. The first kappa shape index (κ1) is 21.4. The van der Waals surface area contributed by atoms with Gasteiger partial charge >= 0.3 is 0 Å². The van der Waals surface area contributed by atoms with Crippen LogP contribution in [0.2, 0.25) is 0 Å². The number of hydrogen-bond donors (Lipinski definition) is 2. The number of carbonyl (C=O) groups is 1. The Morgan fingerprint density at radius 1 is 1.11 bits per heavy atom. The molecule has 0 saturated carbocycles. The average Bonchev–Trinajstić information content (AvgIpc) is 3.08. The number of nitrogens with zero attached hydrogens (tertiary/aromatic N) is 2. The first-order valence-corrected chi connectivity index (χ1v) is 12.2. The summed E-state index contributed by atoms with van der Waals surface area (Å²) in [5.74, 6) is -0.291. The third kappa shape index (κ3) is 5.54. The Morgan fingerprint density at radius 3 is 2.26 bits per heavy atom. The highest BCUT2D eigenvalue weighted by atomic mass is 32.2. The molecule has 0 radical (unpaired) electrons. The van der Waals surface area contributed by atoms with Gasteiger partial charge in [-0.2, -0.15) is 0 Å². The van der Waals surface area contributed by atoms with Crippen LogP contribution in [0.3, 0.4) is 0 Å². The molecule has 27 heavy (non-hydrogen) atoms. The molecule has 0 unspecified atom stereocenters. The highest BCUT2D eigenvalue weighted by Crippen LogP contribution is 2.25. The molecule has 0 bridgehead atoms.